The van der Waals surface area contributed by atoms with Gasteiger partial charge in [0.15, 0.2) is 0 Å². The van der Waals surface area contributed by atoms with E-state index in [0.29, 0.717) is 6.07 Å². The summed E-state index contributed by atoms with van der Waals surface area (Å²) in [5.41, 5.74) is -5.16. The lowest BCUT2D eigenvalue weighted by Crippen LogP contribution is -2.19. The predicted molar refractivity (Wildman–Crippen MR) is 51.4 cm³/mol. The first-order valence-electron chi connectivity index (χ1n) is 4.44. The summed E-state index contributed by atoms with van der Waals surface area (Å²) < 4.78 is 75.3. The van der Waals surface area contributed by atoms with Gasteiger partial charge < -0.3 is 0 Å². The highest BCUT2D eigenvalue weighted by molar-refractivity contribution is 6.67. The smallest absolute Gasteiger partial charge is 0.276 e. The largest absolute Gasteiger partial charge is 0.417 e. The fourth-order valence-corrected chi connectivity index (χ4v) is 1.73. The molecule has 18 heavy (non-hydrogen) atoms. The Balaban J connectivity index is 3.69. The van der Waals surface area contributed by atoms with E-state index in [2.05, 4.69) is 0 Å². The topological polar surface area (TPSA) is 17.1 Å². The van der Waals surface area contributed by atoms with Crippen LogP contribution in [0.5, 0.6) is 0 Å². The molecule has 0 fully saturated rings. The standard InChI is InChI=1S/C10H5ClF6O/c1-4-5(8(11)18)2-3-6(9(12,13)14)7(4)10(15,16)17/h2-3H,1H3. The summed E-state index contributed by atoms with van der Waals surface area (Å²) in [6.07, 6.45) is -10.4. The molecule has 0 radical (unpaired) electrons. The minimum atomic E-state index is -5.22. The van der Waals surface area contributed by atoms with Gasteiger partial charge in [0, 0.05) is 5.56 Å². The van der Waals surface area contributed by atoms with Crippen LogP contribution in [0, 0.1) is 6.92 Å². The highest BCUT2D eigenvalue weighted by atomic mass is 35.5. The van der Waals surface area contributed by atoms with Crippen LogP contribution in [0.3, 0.4) is 0 Å². The molecule has 0 spiro atoms. The maximum absolute atomic E-state index is 12.6. The first-order valence-corrected chi connectivity index (χ1v) is 4.82. The van der Waals surface area contributed by atoms with E-state index >= 15 is 0 Å². The van der Waals surface area contributed by atoms with E-state index in [1.54, 1.807) is 0 Å². The van der Waals surface area contributed by atoms with Crippen molar-refractivity contribution in [2.75, 3.05) is 0 Å². The van der Waals surface area contributed by atoms with Gasteiger partial charge in [-0.1, -0.05) is 0 Å². The van der Waals surface area contributed by atoms with E-state index < -0.39 is 39.8 Å². The fraction of sp³-hybridized carbons (Fsp3) is 0.300. The van der Waals surface area contributed by atoms with E-state index in [1.165, 1.54) is 0 Å². The minimum absolute atomic E-state index is 0.200. The summed E-state index contributed by atoms with van der Waals surface area (Å²) in [6, 6.07) is 0.828. The van der Waals surface area contributed by atoms with Gasteiger partial charge in [0.2, 0.25) is 0 Å². The predicted octanol–water partition coefficient (Wildman–Crippen LogP) is 4.41. The van der Waals surface area contributed by atoms with Gasteiger partial charge in [-0.05, 0) is 36.2 Å². The highest BCUT2D eigenvalue weighted by Gasteiger charge is 2.44. The molecular formula is C10H5ClF6O. The number of benzene rings is 1. The van der Waals surface area contributed by atoms with Crippen molar-refractivity contribution in [3.8, 4) is 0 Å². The summed E-state index contributed by atoms with van der Waals surface area (Å²) in [5, 5.41) is -1.24. The van der Waals surface area contributed by atoms with Crippen molar-refractivity contribution in [3.63, 3.8) is 0 Å². The third-order valence-corrected chi connectivity index (χ3v) is 2.47. The maximum Gasteiger partial charge on any atom is 0.417 e. The lowest BCUT2D eigenvalue weighted by molar-refractivity contribution is -0.162. The molecule has 0 heterocycles. The van der Waals surface area contributed by atoms with Crippen molar-refractivity contribution in [2.45, 2.75) is 19.3 Å². The SMILES string of the molecule is Cc1c(C(=O)Cl)ccc(C(F)(F)F)c1C(F)(F)F. The van der Waals surface area contributed by atoms with E-state index in [-0.39, 0.29) is 6.07 Å². The van der Waals surface area contributed by atoms with Gasteiger partial charge in [-0.3, -0.25) is 4.79 Å². The molecule has 0 atom stereocenters. The summed E-state index contributed by atoms with van der Waals surface area (Å²) in [6.45, 7) is 0.772. The van der Waals surface area contributed by atoms with Crippen LogP contribution in [-0.2, 0) is 12.4 Å². The zero-order valence-electron chi connectivity index (χ0n) is 8.71. The van der Waals surface area contributed by atoms with Crippen LogP contribution in [0.1, 0.15) is 27.0 Å². The maximum atomic E-state index is 12.6. The van der Waals surface area contributed by atoms with Crippen LogP contribution >= 0.6 is 11.6 Å². The lowest BCUT2D eigenvalue weighted by Gasteiger charge is -2.18. The monoisotopic (exact) mass is 290 g/mol. The third-order valence-electron chi connectivity index (χ3n) is 2.27. The zero-order chi connectivity index (χ0) is 14.3. The third kappa shape index (κ3) is 2.77. The average molecular weight is 291 g/mol. The number of hydrogen-bond donors (Lipinski definition) is 0. The molecule has 0 unspecified atom stereocenters. The fourth-order valence-electron chi connectivity index (χ4n) is 1.53. The molecule has 0 aliphatic rings. The molecule has 8 heteroatoms. The van der Waals surface area contributed by atoms with Crippen molar-refractivity contribution in [2.24, 2.45) is 0 Å². The van der Waals surface area contributed by atoms with Crippen molar-refractivity contribution in [1.82, 2.24) is 0 Å². The number of alkyl halides is 6. The Labute approximate surface area is 102 Å². The zero-order valence-corrected chi connectivity index (χ0v) is 9.46. The van der Waals surface area contributed by atoms with Crippen LogP contribution < -0.4 is 0 Å². The number of carbonyl (C=O) groups is 1. The molecule has 0 N–H and O–H groups in total. The van der Waals surface area contributed by atoms with Crippen molar-refractivity contribution in [3.05, 3.63) is 34.4 Å². The Bertz CT molecular complexity index is 488. The molecule has 0 aliphatic heterocycles. The van der Waals surface area contributed by atoms with Gasteiger partial charge in [0.25, 0.3) is 5.24 Å². The molecule has 0 amide bonds. The molecule has 0 aromatic heterocycles. The number of hydrogen-bond acceptors (Lipinski definition) is 1. The molecule has 100 valence electrons. The molecule has 0 saturated heterocycles. The van der Waals surface area contributed by atoms with Crippen LogP contribution in [-0.4, -0.2) is 5.24 Å². The van der Waals surface area contributed by atoms with Gasteiger partial charge in [-0.15, -0.1) is 0 Å². The summed E-state index contributed by atoms with van der Waals surface area (Å²) >= 11 is 5.01. The molecule has 1 aromatic carbocycles. The summed E-state index contributed by atoms with van der Waals surface area (Å²) in [4.78, 5) is 10.8. The molecule has 1 aromatic rings. The van der Waals surface area contributed by atoms with E-state index in [9.17, 15) is 31.1 Å². The van der Waals surface area contributed by atoms with E-state index in [1.807, 2.05) is 0 Å². The van der Waals surface area contributed by atoms with Crippen molar-refractivity contribution in [1.29, 1.82) is 0 Å². The number of carbonyl (C=O) groups excluding carboxylic acids is 1. The van der Waals surface area contributed by atoms with Crippen LogP contribution in [0.4, 0.5) is 26.3 Å². The van der Waals surface area contributed by atoms with Gasteiger partial charge in [0.05, 0.1) is 11.1 Å². The normalized spacial score (nSPS) is 12.7. The molecular weight excluding hydrogens is 286 g/mol. The van der Waals surface area contributed by atoms with E-state index in [4.69, 9.17) is 11.6 Å². The second-order valence-corrected chi connectivity index (χ2v) is 3.77. The van der Waals surface area contributed by atoms with Crippen molar-refractivity contribution >= 4 is 16.8 Å². The van der Waals surface area contributed by atoms with Crippen molar-refractivity contribution < 1.29 is 31.1 Å². The summed E-state index contributed by atoms with van der Waals surface area (Å²) in [7, 11) is 0. The summed E-state index contributed by atoms with van der Waals surface area (Å²) in [5.74, 6) is 0. The average Bonchev–Trinajstić information content (AvgIpc) is 2.12. The van der Waals surface area contributed by atoms with Gasteiger partial charge in [-0.2, -0.15) is 26.3 Å². The Morgan fingerprint density at radius 2 is 1.56 bits per heavy atom. The minimum Gasteiger partial charge on any atom is -0.276 e. The second kappa shape index (κ2) is 4.46. The molecule has 0 bridgehead atoms. The molecule has 0 aliphatic carbocycles. The first-order chi connectivity index (χ1) is 7.96. The van der Waals surface area contributed by atoms with Gasteiger partial charge in [-0.25, -0.2) is 0 Å². The Morgan fingerprint density at radius 3 is 1.89 bits per heavy atom. The molecule has 0 saturated carbocycles. The van der Waals surface area contributed by atoms with Gasteiger partial charge in [0.1, 0.15) is 0 Å². The Morgan fingerprint density at radius 1 is 1.06 bits per heavy atom. The quantitative estimate of drug-likeness (QED) is 0.553. The van der Waals surface area contributed by atoms with Crippen LogP contribution in [0.2, 0.25) is 0 Å². The lowest BCUT2D eigenvalue weighted by atomic mass is 9.96. The van der Waals surface area contributed by atoms with Crippen LogP contribution in [0.15, 0.2) is 12.1 Å². The Hall–Kier alpha value is -1.24. The number of rotatable bonds is 1. The second-order valence-electron chi connectivity index (χ2n) is 3.43. The highest BCUT2D eigenvalue weighted by Crippen LogP contribution is 2.42. The number of halogens is 7. The first kappa shape index (κ1) is 14.8. The molecule has 1 nitrogen and oxygen atoms in total. The Kier molecular flexibility index (Phi) is 3.67. The molecule has 1 rings (SSSR count). The van der Waals surface area contributed by atoms with E-state index in [0.717, 1.165) is 6.92 Å². The van der Waals surface area contributed by atoms with Gasteiger partial charge >= 0.3 is 12.4 Å². The van der Waals surface area contributed by atoms with Crippen LogP contribution in [0.25, 0.3) is 0 Å².